The molecule has 2 rings (SSSR count). The number of ketones is 1. The van der Waals surface area contributed by atoms with Crippen LogP contribution in [0.15, 0.2) is 41.6 Å². The van der Waals surface area contributed by atoms with Crippen LogP contribution < -0.4 is 16.5 Å². The van der Waals surface area contributed by atoms with Crippen molar-refractivity contribution < 1.29 is 9.53 Å². The summed E-state index contributed by atoms with van der Waals surface area (Å²) in [5.41, 5.74) is 9.47. The molecule has 7 heteroatoms. The summed E-state index contributed by atoms with van der Waals surface area (Å²) in [5.74, 6) is 0.0458. The normalized spacial score (nSPS) is 24.3. The van der Waals surface area contributed by atoms with Crippen LogP contribution in [-0.4, -0.2) is 48.7 Å². The third kappa shape index (κ3) is 3.92. The average Bonchev–Trinajstić information content (AvgIpc) is 2.51. The zero-order chi connectivity index (χ0) is 17.0. The van der Waals surface area contributed by atoms with Crippen LogP contribution in [0.5, 0.6) is 0 Å². The Labute approximate surface area is 136 Å². The SMILES string of the molecule is C=C(/C=C(\N)OC)N/N=C(\C)C(=O)C(=C)N1CCN[C@H]2CC[C@@H]21. The van der Waals surface area contributed by atoms with Gasteiger partial charge in [-0.3, -0.25) is 10.2 Å². The molecule has 1 heterocycles. The van der Waals surface area contributed by atoms with Crippen LogP contribution >= 0.6 is 0 Å². The van der Waals surface area contributed by atoms with Crippen LogP contribution in [-0.2, 0) is 9.53 Å². The first-order valence-electron chi connectivity index (χ1n) is 7.68. The second-order valence-electron chi connectivity index (χ2n) is 5.76. The minimum Gasteiger partial charge on any atom is -0.483 e. The number of nitrogens with zero attached hydrogens (tertiary/aromatic N) is 2. The van der Waals surface area contributed by atoms with Crippen molar-refractivity contribution in [3.05, 3.63) is 36.5 Å². The summed E-state index contributed by atoms with van der Waals surface area (Å²) in [4.78, 5) is 14.6. The number of ether oxygens (including phenoxy) is 1. The average molecular weight is 319 g/mol. The molecule has 2 fully saturated rings. The molecule has 0 aromatic carbocycles. The maximum absolute atomic E-state index is 12.5. The lowest BCUT2D eigenvalue weighted by molar-refractivity contribution is -0.112. The van der Waals surface area contributed by atoms with Gasteiger partial charge in [0.25, 0.3) is 0 Å². The van der Waals surface area contributed by atoms with Crippen molar-refractivity contribution in [2.75, 3.05) is 20.2 Å². The molecule has 0 aromatic heterocycles. The van der Waals surface area contributed by atoms with E-state index in [0.29, 0.717) is 29.2 Å². The van der Waals surface area contributed by atoms with Crippen LogP contribution in [0.2, 0.25) is 0 Å². The van der Waals surface area contributed by atoms with Gasteiger partial charge in [0.15, 0.2) is 5.88 Å². The molecule has 0 spiro atoms. The largest absolute Gasteiger partial charge is 0.483 e. The molecule has 4 N–H and O–H groups in total. The van der Waals surface area contributed by atoms with E-state index < -0.39 is 0 Å². The van der Waals surface area contributed by atoms with Gasteiger partial charge in [-0.05, 0) is 19.8 Å². The number of rotatable bonds is 7. The van der Waals surface area contributed by atoms with Crippen LogP contribution in [0, 0.1) is 0 Å². The number of hydrogen-bond donors (Lipinski definition) is 3. The Kier molecular flexibility index (Phi) is 5.44. The van der Waals surface area contributed by atoms with Gasteiger partial charge in [-0.25, -0.2) is 0 Å². The summed E-state index contributed by atoms with van der Waals surface area (Å²) in [6, 6.07) is 0.853. The lowest BCUT2D eigenvalue weighted by atomic mass is 9.83. The van der Waals surface area contributed by atoms with E-state index in [9.17, 15) is 4.79 Å². The lowest BCUT2D eigenvalue weighted by Gasteiger charge is -2.50. The van der Waals surface area contributed by atoms with Gasteiger partial charge in [0.1, 0.15) is 5.71 Å². The molecular formula is C16H25N5O2. The highest BCUT2D eigenvalue weighted by Crippen LogP contribution is 2.30. The van der Waals surface area contributed by atoms with E-state index in [2.05, 4.69) is 33.9 Å². The van der Waals surface area contributed by atoms with Crippen LogP contribution in [0.4, 0.5) is 0 Å². The monoisotopic (exact) mass is 319 g/mol. The number of carbonyl (C=O) groups excluding carboxylic acids is 1. The second kappa shape index (κ2) is 7.32. The van der Waals surface area contributed by atoms with E-state index in [-0.39, 0.29) is 11.7 Å². The van der Waals surface area contributed by atoms with E-state index in [1.54, 1.807) is 6.92 Å². The van der Waals surface area contributed by atoms with Crippen molar-refractivity contribution in [1.29, 1.82) is 0 Å². The molecule has 1 saturated heterocycles. The predicted molar refractivity (Wildman–Crippen MR) is 90.3 cm³/mol. The van der Waals surface area contributed by atoms with Crippen molar-refractivity contribution in [3.63, 3.8) is 0 Å². The van der Waals surface area contributed by atoms with Gasteiger partial charge in [0, 0.05) is 31.2 Å². The van der Waals surface area contributed by atoms with Gasteiger partial charge in [-0.2, -0.15) is 5.10 Å². The first kappa shape index (κ1) is 17.1. The Balaban J connectivity index is 1.94. The molecule has 1 aliphatic carbocycles. The van der Waals surface area contributed by atoms with Gasteiger partial charge in [0.2, 0.25) is 5.78 Å². The highest BCUT2D eigenvalue weighted by atomic mass is 16.5. The Morgan fingerprint density at radius 2 is 2.22 bits per heavy atom. The van der Waals surface area contributed by atoms with Crippen molar-refractivity contribution in [1.82, 2.24) is 15.6 Å². The van der Waals surface area contributed by atoms with Crippen LogP contribution in [0.3, 0.4) is 0 Å². The molecule has 0 aromatic rings. The minimum absolute atomic E-state index is 0.165. The zero-order valence-electron chi connectivity index (χ0n) is 13.8. The number of hydrogen-bond acceptors (Lipinski definition) is 7. The van der Waals surface area contributed by atoms with Crippen molar-refractivity contribution in [2.24, 2.45) is 10.8 Å². The molecule has 0 unspecified atom stereocenters. The molecule has 0 bridgehead atoms. The second-order valence-corrected chi connectivity index (χ2v) is 5.76. The number of methoxy groups -OCH3 is 1. The number of Topliss-reactive ketones (excluding diaryl/α,β-unsaturated/α-hetero) is 1. The molecule has 0 amide bonds. The van der Waals surface area contributed by atoms with E-state index >= 15 is 0 Å². The Hall–Kier alpha value is -2.28. The molecular weight excluding hydrogens is 294 g/mol. The highest BCUT2D eigenvalue weighted by Gasteiger charge is 2.39. The molecule has 7 nitrogen and oxygen atoms in total. The molecule has 2 atom stereocenters. The smallest absolute Gasteiger partial charge is 0.224 e. The number of fused-ring (bicyclic) bond motifs is 1. The van der Waals surface area contributed by atoms with E-state index in [4.69, 9.17) is 10.5 Å². The molecule has 1 aliphatic heterocycles. The molecule has 2 aliphatic rings. The first-order chi connectivity index (χ1) is 10.9. The van der Waals surface area contributed by atoms with Gasteiger partial charge >= 0.3 is 0 Å². The molecule has 23 heavy (non-hydrogen) atoms. The topological polar surface area (TPSA) is 92.0 Å². The summed E-state index contributed by atoms with van der Waals surface area (Å²) < 4.78 is 4.82. The zero-order valence-corrected chi connectivity index (χ0v) is 13.8. The third-order valence-electron chi connectivity index (χ3n) is 4.25. The van der Waals surface area contributed by atoms with E-state index in [0.717, 1.165) is 25.9 Å². The lowest BCUT2D eigenvalue weighted by Crippen LogP contribution is -2.63. The summed E-state index contributed by atoms with van der Waals surface area (Å²) in [6.45, 7) is 11.0. The Morgan fingerprint density at radius 3 is 2.83 bits per heavy atom. The van der Waals surface area contributed by atoms with Crippen molar-refractivity contribution >= 4 is 11.5 Å². The number of nitrogens with two attached hydrogens (primary N) is 1. The van der Waals surface area contributed by atoms with Crippen LogP contribution in [0.1, 0.15) is 19.8 Å². The standard InChI is InChI=1S/C16H25N5O2/c1-10(9-15(17)23-4)19-20-11(2)16(22)12(3)21-8-7-18-13-5-6-14(13)21/h9,13-14,18-19H,1,3,5-8,17H2,2,4H3/b15-9+,20-11+/t13-,14-/m0/s1. The first-order valence-corrected chi connectivity index (χ1v) is 7.68. The van der Waals surface area contributed by atoms with E-state index in [1.165, 1.54) is 13.2 Å². The summed E-state index contributed by atoms with van der Waals surface area (Å²) in [6.07, 6.45) is 3.74. The maximum Gasteiger partial charge on any atom is 0.224 e. The van der Waals surface area contributed by atoms with Gasteiger partial charge in [-0.1, -0.05) is 13.2 Å². The fourth-order valence-electron chi connectivity index (χ4n) is 2.77. The number of carbonyl (C=O) groups is 1. The molecule has 0 radical (unpaired) electrons. The number of allylic oxidation sites excluding steroid dienone is 2. The molecule has 126 valence electrons. The number of hydrazone groups is 1. The van der Waals surface area contributed by atoms with Gasteiger partial charge < -0.3 is 20.7 Å². The number of nitrogens with one attached hydrogen (secondary N) is 2. The fraction of sp³-hybridized carbons (Fsp3) is 0.500. The quantitative estimate of drug-likeness (QED) is 0.207. The van der Waals surface area contributed by atoms with Crippen molar-refractivity contribution in [2.45, 2.75) is 31.8 Å². The summed E-state index contributed by atoms with van der Waals surface area (Å²) in [7, 11) is 1.46. The summed E-state index contributed by atoms with van der Waals surface area (Å²) in [5, 5.41) is 7.51. The molecule has 1 saturated carbocycles. The number of piperazine rings is 1. The summed E-state index contributed by atoms with van der Waals surface area (Å²) >= 11 is 0. The third-order valence-corrected chi connectivity index (χ3v) is 4.25. The Morgan fingerprint density at radius 1 is 1.48 bits per heavy atom. The van der Waals surface area contributed by atoms with Gasteiger partial charge in [-0.15, -0.1) is 0 Å². The highest BCUT2D eigenvalue weighted by molar-refractivity contribution is 6.44. The van der Waals surface area contributed by atoms with Gasteiger partial charge in [0.05, 0.1) is 18.5 Å². The Bertz CT molecular complexity index is 567. The fourth-order valence-corrected chi connectivity index (χ4v) is 2.77. The predicted octanol–water partition coefficient (Wildman–Crippen LogP) is 0.431. The minimum atomic E-state index is -0.165. The van der Waals surface area contributed by atoms with E-state index in [1.807, 2.05) is 0 Å². The maximum atomic E-state index is 12.5. The van der Waals surface area contributed by atoms with Crippen LogP contribution in [0.25, 0.3) is 0 Å². The van der Waals surface area contributed by atoms with Crippen molar-refractivity contribution in [3.8, 4) is 0 Å².